The summed E-state index contributed by atoms with van der Waals surface area (Å²) in [5.74, 6) is -0.781. The summed E-state index contributed by atoms with van der Waals surface area (Å²) in [6.07, 6.45) is 1.35. The summed E-state index contributed by atoms with van der Waals surface area (Å²) in [5, 5.41) is 8.90. The van der Waals surface area contributed by atoms with Crippen molar-refractivity contribution in [3.8, 4) is 9.75 Å². The molecule has 0 saturated heterocycles. The van der Waals surface area contributed by atoms with Gasteiger partial charge in [0.1, 0.15) is 0 Å². The van der Waals surface area contributed by atoms with Crippen molar-refractivity contribution in [1.82, 2.24) is 0 Å². The van der Waals surface area contributed by atoms with E-state index in [1.807, 2.05) is 6.92 Å². The van der Waals surface area contributed by atoms with Gasteiger partial charge in [0.15, 0.2) is 0 Å². The van der Waals surface area contributed by atoms with E-state index in [0.29, 0.717) is 25.9 Å². The minimum atomic E-state index is -0.781. The largest absolute Gasteiger partial charge is 0.481 e. The first-order valence-electron chi connectivity index (χ1n) is 6.97. The molecule has 0 atom stereocenters. The number of ether oxygens (including phenoxy) is 1. The monoisotopic (exact) mass is 338 g/mol. The summed E-state index contributed by atoms with van der Waals surface area (Å²) in [5.41, 5.74) is 2.24. The minimum Gasteiger partial charge on any atom is -0.481 e. The Hall–Kier alpha value is -1.66. The van der Waals surface area contributed by atoms with Gasteiger partial charge in [-0.2, -0.15) is 0 Å². The Morgan fingerprint density at radius 2 is 1.68 bits per heavy atom. The van der Waals surface area contributed by atoms with E-state index in [9.17, 15) is 9.59 Å². The third-order valence-corrected chi connectivity index (χ3v) is 5.59. The highest BCUT2D eigenvalue weighted by Gasteiger charge is 2.16. The van der Waals surface area contributed by atoms with Crippen molar-refractivity contribution in [2.75, 3.05) is 6.61 Å². The Balaban J connectivity index is 2.30. The van der Waals surface area contributed by atoms with Crippen LogP contribution in [0.5, 0.6) is 0 Å². The van der Waals surface area contributed by atoms with Gasteiger partial charge in [-0.05, 0) is 43.5 Å². The maximum absolute atomic E-state index is 10.8. The van der Waals surface area contributed by atoms with Gasteiger partial charge in [0.05, 0.1) is 6.61 Å². The van der Waals surface area contributed by atoms with E-state index in [4.69, 9.17) is 9.84 Å². The van der Waals surface area contributed by atoms with Gasteiger partial charge in [-0.15, -0.1) is 22.7 Å². The zero-order valence-electron chi connectivity index (χ0n) is 12.5. The van der Waals surface area contributed by atoms with Crippen LogP contribution in [0.25, 0.3) is 9.75 Å². The van der Waals surface area contributed by atoms with Crippen molar-refractivity contribution >= 4 is 35.1 Å². The number of aryl methyl sites for hydroxylation is 3. The molecule has 118 valence electrons. The molecule has 4 nitrogen and oxygen atoms in total. The average Bonchev–Trinajstić information content (AvgIpc) is 2.99. The maximum Gasteiger partial charge on any atom is 0.303 e. The van der Waals surface area contributed by atoms with Gasteiger partial charge in [0, 0.05) is 32.4 Å². The van der Waals surface area contributed by atoms with Crippen molar-refractivity contribution < 1.29 is 19.4 Å². The lowest BCUT2D eigenvalue weighted by Crippen LogP contribution is -1.98. The van der Waals surface area contributed by atoms with E-state index in [-0.39, 0.29) is 6.42 Å². The van der Waals surface area contributed by atoms with E-state index in [2.05, 4.69) is 19.1 Å². The summed E-state index contributed by atoms with van der Waals surface area (Å²) < 4.78 is 4.80. The van der Waals surface area contributed by atoms with Gasteiger partial charge in [0.2, 0.25) is 0 Å². The molecular weight excluding hydrogens is 320 g/mol. The van der Waals surface area contributed by atoms with E-state index in [1.54, 1.807) is 22.7 Å². The summed E-state index contributed by atoms with van der Waals surface area (Å²) >= 11 is 3.40. The van der Waals surface area contributed by atoms with Gasteiger partial charge < -0.3 is 9.84 Å². The Kier molecular flexibility index (Phi) is 5.74. The molecule has 6 heteroatoms. The second kappa shape index (κ2) is 7.56. The predicted octanol–water partition coefficient (Wildman–Crippen LogP) is 3.83. The minimum absolute atomic E-state index is 0.136. The Morgan fingerprint density at radius 1 is 1.14 bits per heavy atom. The molecule has 1 N–H and O–H groups in total. The second-order valence-electron chi connectivity index (χ2n) is 5.03. The van der Waals surface area contributed by atoms with Gasteiger partial charge in [-0.25, -0.2) is 0 Å². The summed E-state index contributed by atoms with van der Waals surface area (Å²) in [7, 11) is 0. The van der Waals surface area contributed by atoms with Crippen LogP contribution < -0.4 is 0 Å². The molecule has 0 bridgehead atoms. The Morgan fingerprint density at radius 3 is 2.18 bits per heavy atom. The number of aliphatic carboxylic acids is 1. The van der Waals surface area contributed by atoms with Crippen LogP contribution in [0, 0.1) is 13.8 Å². The van der Waals surface area contributed by atoms with E-state index < -0.39 is 5.97 Å². The molecule has 0 amide bonds. The molecule has 0 aliphatic heterocycles. The molecule has 0 aromatic carbocycles. The van der Waals surface area contributed by atoms with Crippen LogP contribution in [0.15, 0.2) is 12.1 Å². The highest BCUT2D eigenvalue weighted by Crippen LogP contribution is 2.40. The van der Waals surface area contributed by atoms with Gasteiger partial charge in [0.25, 0.3) is 6.47 Å². The topological polar surface area (TPSA) is 63.6 Å². The number of rotatable bonds is 8. The van der Waals surface area contributed by atoms with Gasteiger partial charge >= 0.3 is 5.97 Å². The van der Waals surface area contributed by atoms with Crippen molar-refractivity contribution in [3.63, 3.8) is 0 Å². The van der Waals surface area contributed by atoms with Crippen LogP contribution in [0.4, 0.5) is 0 Å². The molecule has 0 saturated carbocycles. The second-order valence-corrected chi connectivity index (χ2v) is 7.55. The number of thiophene rings is 2. The van der Waals surface area contributed by atoms with E-state index in [0.717, 1.165) is 16.0 Å². The zero-order chi connectivity index (χ0) is 16.1. The van der Waals surface area contributed by atoms with Crippen molar-refractivity contribution in [3.05, 3.63) is 33.0 Å². The standard InChI is InChI=1S/C16H18O4S2/c1-10-7-12(3-4-14(18)19)15(21-10)16-13(5-6-20-9-17)8-11(2)22-16/h7-9H,3-6H2,1-2H3,(H,18,19). The molecule has 22 heavy (non-hydrogen) atoms. The normalized spacial score (nSPS) is 10.6. The molecule has 0 radical (unpaired) electrons. The number of hydrogen-bond donors (Lipinski definition) is 1. The number of carboxylic acids is 1. The number of carboxylic acid groups (broad SMARTS) is 1. The zero-order valence-corrected chi connectivity index (χ0v) is 14.2. The maximum atomic E-state index is 10.8. The van der Waals surface area contributed by atoms with Gasteiger partial charge in [-0.1, -0.05) is 0 Å². The lowest BCUT2D eigenvalue weighted by Gasteiger charge is -2.04. The Bertz CT molecular complexity index is 670. The molecule has 2 heterocycles. The SMILES string of the molecule is Cc1cc(CCOC=O)c(-c2sc(C)cc2CCC(=O)O)s1. The predicted molar refractivity (Wildman–Crippen MR) is 88.8 cm³/mol. The van der Waals surface area contributed by atoms with Gasteiger partial charge in [-0.3, -0.25) is 9.59 Å². The van der Waals surface area contributed by atoms with Crippen LogP contribution in [-0.2, 0) is 27.2 Å². The van der Waals surface area contributed by atoms with Crippen LogP contribution in [-0.4, -0.2) is 24.2 Å². The first-order valence-corrected chi connectivity index (χ1v) is 8.60. The fourth-order valence-electron chi connectivity index (χ4n) is 2.35. The first-order chi connectivity index (χ1) is 10.5. The van der Waals surface area contributed by atoms with Crippen molar-refractivity contribution in [2.24, 2.45) is 0 Å². The number of carbonyl (C=O) groups excluding carboxylic acids is 1. The summed E-state index contributed by atoms with van der Waals surface area (Å²) in [4.78, 5) is 25.8. The molecule has 2 aromatic rings. The van der Waals surface area contributed by atoms with E-state index >= 15 is 0 Å². The molecular formula is C16H18O4S2. The quantitative estimate of drug-likeness (QED) is 0.587. The van der Waals surface area contributed by atoms with Crippen LogP contribution in [0.1, 0.15) is 27.3 Å². The lowest BCUT2D eigenvalue weighted by molar-refractivity contribution is -0.137. The van der Waals surface area contributed by atoms with Crippen LogP contribution in [0.2, 0.25) is 0 Å². The third kappa shape index (κ3) is 4.18. The Labute approximate surface area is 137 Å². The fourth-order valence-corrected chi connectivity index (χ4v) is 4.68. The summed E-state index contributed by atoms with van der Waals surface area (Å²) in [6, 6.07) is 4.19. The number of carbonyl (C=O) groups is 2. The molecule has 2 aromatic heterocycles. The third-order valence-electron chi connectivity index (χ3n) is 3.24. The molecule has 0 aliphatic carbocycles. The molecule has 0 spiro atoms. The van der Waals surface area contributed by atoms with Crippen molar-refractivity contribution in [2.45, 2.75) is 33.1 Å². The highest BCUT2D eigenvalue weighted by molar-refractivity contribution is 7.22. The average molecular weight is 338 g/mol. The molecule has 2 rings (SSSR count). The van der Waals surface area contributed by atoms with E-state index in [1.165, 1.54) is 14.6 Å². The molecule has 0 fully saturated rings. The molecule has 0 aliphatic rings. The number of hydrogen-bond acceptors (Lipinski definition) is 5. The van der Waals surface area contributed by atoms with Crippen LogP contribution in [0.3, 0.4) is 0 Å². The summed E-state index contributed by atoms with van der Waals surface area (Å²) in [6.45, 7) is 4.91. The fraction of sp³-hybridized carbons (Fsp3) is 0.375. The smallest absolute Gasteiger partial charge is 0.303 e. The van der Waals surface area contributed by atoms with Crippen LogP contribution >= 0.6 is 22.7 Å². The van der Waals surface area contributed by atoms with Crippen molar-refractivity contribution in [1.29, 1.82) is 0 Å². The lowest BCUT2D eigenvalue weighted by atomic mass is 10.1. The molecule has 0 unspecified atom stereocenters. The highest BCUT2D eigenvalue weighted by atomic mass is 32.1. The first kappa shape index (κ1) is 16.7.